The van der Waals surface area contributed by atoms with Crippen molar-refractivity contribution in [2.75, 3.05) is 0 Å². The molecule has 0 amide bonds. The molecular weight excluding hydrogens is 320 g/mol. The molecule has 0 fully saturated rings. The molecule has 7 heteroatoms. The van der Waals surface area contributed by atoms with E-state index in [1.807, 2.05) is 0 Å². The first kappa shape index (κ1) is 15.7. The maximum absolute atomic E-state index is 8.55. The number of hydrogen-bond acceptors (Lipinski definition) is 4. The van der Waals surface area contributed by atoms with Crippen molar-refractivity contribution < 1.29 is 24.7 Å². The van der Waals surface area contributed by atoms with Crippen LogP contribution in [0, 0.1) is 0 Å². The molecule has 5 nitrogen and oxygen atoms in total. The molecule has 0 aromatic carbocycles. The first-order chi connectivity index (χ1) is 2.00. The maximum Gasteiger partial charge on any atom is 3.00 e. The molecule has 0 saturated heterocycles. The molecule has 2 radical (unpaired) electrons. The minimum atomic E-state index is -5.39. The fraction of sp³-hybridized carbons (Fsp3) is 0. The Morgan fingerprint density at radius 3 is 1.14 bits per heavy atom. The van der Waals surface area contributed by atoms with Crippen LogP contribution < -0.4 is 14.7 Å². The van der Waals surface area contributed by atoms with Gasteiger partial charge in [-0.1, -0.05) is 0 Å². The summed E-state index contributed by atoms with van der Waals surface area (Å²) in [4.78, 5) is 25.6. The third-order valence-corrected chi connectivity index (χ3v) is 0. The summed E-state index contributed by atoms with van der Waals surface area (Å²) in [6, 6.07) is 0. The average Bonchev–Trinajstić information content (AvgIpc) is 0.722. The summed E-state index contributed by atoms with van der Waals surface area (Å²) in [6.45, 7) is 0. The largest absolute Gasteiger partial charge is 3.00 e. The van der Waals surface area contributed by atoms with Crippen LogP contribution in [0.25, 0.3) is 0 Å². The molecule has 0 bridgehead atoms. The Labute approximate surface area is 59.0 Å². The zero-order chi connectivity index (χ0) is 4.50. The van der Waals surface area contributed by atoms with Gasteiger partial charge >= 0.3 is 26.2 Å². The van der Waals surface area contributed by atoms with Crippen molar-refractivity contribution in [2.45, 2.75) is 0 Å². The first-order valence-electron chi connectivity index (χ1n) is 0.730. The molecular formula is H2BiO5P. The molecule has 2 N–H and O–H groups in total. The third kappa shape index (κ3) is 188. The quantitative estimate of drug-likeness (QED) is 0.333. The molecule has 0 saturated carbocycles. The summed E-state index contributed by atoms with van der Waals surface area (Å²) in [7, 11) is -5.39. The minimum absolute atomic E-state index is 0. The summed E-state index contributed by atoms with van der Waals surface area (Å²) in [5.74, 6) is 0. The molecule has 0 unspecified atom stereocenters. The molecule has 0 aliphatic heterocycles. The van der Waals surface area contributed by atoms with Crippen LogP contribution in [0.5, 0.6) is 0 Å². The van der Waals surface area contributed by atoms with Crippen LogP contribution in [-0.4, -0.2) is 31.7 Å². The molecule has 0 aliphatic carbocycles. The van der Waals surface area contributed by atoms with Crippen LogP contribution in [0.4, 0.5) is 0 Å². The molecule has 0 spiro atoms. The normalized spacial score (nSPS) is 8.43. The van der Waals surface area contributed by atoms with Crippen molar-refractivity contribution in [3.8, 4) is 0 Å². The predicted molar refractivity (Wildman–Crippen MR) is 17.0 cm³/mol. The van der Waals surface area contributed by atoms with Crippen molar-refractivity contribution in [1.29, 1.82) is 0 Å². The van der Waals surface area contributed by atoms with Gasteiger partial charge in [-0.25, -0.2) is 0 Å². The summed E-state index contributed by atoms with van der Waals surface area (Å²) in [5.41, 5.74) is 0. The van der Waals surface area contributed by atoms with E-state index in [-0.39, 0.29) is 31.7 Å². The molecule has 7 heavy (non-hydrogen) atoms. The third-order valence-electron chi connectivity index (χ3n) is 0. The van der Waals surface area contributed by atoms with E-state index in [1.165, 1.54) is 0 Å². The van der Waals surface area contributed by atoms with Crippen LogP contribution >= 0.6 is 7.82 Å². The molecule has 0 heterocycles. The van der Waals surface area contributed by atoms with E-state index in [2.05, 4.69) is 0 Å². The smallest absolute Gasteiger partial charge is 0.822 e. The van der Waals surface area contributed by atoms with E-state index in [0.29, 0.717) is 0 Å². The SMILES string of the molecule is O.O=P([O-])([O-])[O-].[Bi+3]. The van der Waals surface area contributed by atoms with Crippen molar-refractivity contribution >= 4 is 34.0 Å². The van der Waals surface area contributed by atoms with Crippen molar-refractivity contribution in [2.24, 2.45) is 0 Å². The monoisotopic (exact) mass is 322 g/mol. The Morgan fingerprint density at radius 2 is 1.14 bits per heavy atom. The standard InChI is InChI=1S/Bi.H3O4P.H2O/c;1-5(2,3)4;/h;(H3,1,2,3,4);1H2/q+3;;/p-3. The Balaban J connectivity index is -0.0000000800. The summed E-state index contributed by atoms with van der Waals surface area (Å²) in [6.07, 6.45) is 0. The second kappa shape index (κ2) is 5.10. The molecule has 0 aromatic rings. The molecule has 0 aromatic heterocycles. The van der Waals surface area contributed by atoms with Crippen molar-refractivity contribution in [3.63, 3.8) is 0 Å². The average molecular weight is 322 g/mol. The van der Waals surface area contributed by atoms with Crippen LogP contribution in [0.1, 0.15) is 0 Å². The van der Waals surface area contributed by atoms with E-state index in [0.717, 1.165) is 0 Å². The Hall–Kier alpha value is 0.953. The molecule has 0 aliphatic rings. The van der Waals surface area contributed by atoms with E-state index >= 15 is 0 Å². The fourth-order valence-corrected chi connectivity index (χ4v) is 0. The first-order valence-corrected chi connectivity index (χ1v) is 2.19. The van der Waals surface area contributed by atoms with Crippen molar-refractivity contribution in [3.05, 3.63) is 0 Å². The Morgan fingerprint density at radius 1 is 1.14 bits per heavy atom. The van der Waals surface area contributed by atoms with E-state index in [4.69, 9.17) is 19.2 Å². The number of hydrogen-bond donors (Lipinski definition) is 0. The van der Waals surface area contributed by atoms with Gasteiger partial charge in [-0.2, -0.15) is 7.82 Å². The number of rotatable bonds is 0. The molecule has 0 atom stereocenters. The van der Waals surface area contributed by atoms with E-state index < -0.39 is 7.82 Å². The Bertz CT molecular complexity index is 54.2. The van der Waals surface area contributed by atoms with Gasteiger partial charge in [0, 0.05) is 0 Å². The molecule has 42 valence electrons. The van der Waals surface area contributed by atoms with Gasteiger partial charge in [0.25, 0.3) is 0 Å². The second-order valence-corrected chi connectivity index (χ2v) is 1.34. The van der Waals surface area contributed by atoms with Gasteiger partial charge in [-0.05, 0) is 0 Å². The number of phosphoric acid groups is 1. The van der Waals surface area contributed by atoms with Gasteiger partial charge in [0.15, 0.2) is 0 Å². The fourth-order valence-electron chi connectivity index (χ4n) is 0. The summed E-state index contributed by atoms with van der Waals surface area (Å²) < 4.78 is 8.55. The van der Waals surface area contributed by atoms with Gasteiger partial charge < -0.3 is 24.7 Å². The van der Waals surface area contributed by atoms with Gasteiger partial charge in [-0.15, -0.1) is 0 Å². The molecule has 0 rings (SSSR count). The van der Waals surface area contributed by atoms with Gasteiger partial charge in [0.2, 0.25) is 0 Å². The van der Waals surface area contributed by atoms with Crippen molar-refractivity contribution in [1.82, 2.24) is 0 Å². The van der Waals surface area contributed by atoms with Gasteiger partial charge in [0.05, 0.1) is 0 Å². The minimum Gasteiger partial charge on any atom is -0.822 e. The topological polar surface area (TPSA) is 118 Å². The van der Waals surface area contributed by atoms with Crippen LogP contribution in [-0.2, 0) is 4.57 Å². The summed E-state index contributed by atoms with van der Waals surface area (Å²) in [5, 5.41) is 0. The zero-order valence-corrected chi connectivity index (χ0v) is 7.40. The van der Waals surface area contributed by atoms with Crippen LogP contribution in [0.3, 0.4) is 0 Å². The second-order valence-electron chi connectivity index (χ2n) is 0.447. The van der Waals surface area contributed by atoms with Crippen LogP contribution in [0.2, 0.25) is 0 Å². The van der Waals surface area contributed by atoms with E-state index in [1.54, 1.807) is 0 Å². The predicted octanol–water partition coefficient (Wildman–Crippen LogP) is -4.03. The zero-order valence-electron chi connectivity index (χ0n) is 3.03. The van der Waals surface area contributed by atoms with Gasteiger partial charge in [-0.3, -0.25) is 0 Å². The maximum atomic E-state index is 8.55. The summed E-state index contributed by atoms with van der Waals surface area (Å²) >= 11 is 0. The Kier molecular flexibility index (Phi) is 11.4. The van der Waals surface area contributed by atoms with E-state index in [9.17, 15) is 0 Å². The van der Waals surface area contributed by atoms with Crippen LogP contribution in [0.15, 0.2) is 0 Å². The van der Waals surface area contributed by atoms with Gasteiger partial charge in [0.1, 0.15) is 0 Å².